The molecule has 1 heterocycles. The Morgan fingerprint density at radius 1 is 1.05 bits per heavy atom. The van der Waals surface area contributed by atoms with E-state index in [-0.39, 0.29) is 11.5 Å². The van der Waals surface area contributed by atoms with E-state index in [1.807, 2.05) is 30.3 Å². The molecule has 2 aromatic carbocycles. The summed E-state index contributed by atoms with van der Waals surface area (Å²) in [6, 6.07) is 16.3. The van der Waals surface area contributed by atoms with Gasteiger partial charge in [0.05, 0.1) is 11.9 Å². The predicted octanol–water partition coefficient (Wildman–Crippen LogP) is 3.15. The van der Waals surface area contributed by atoms with Gasteiger partial charge in [-0.2, -0.15) is 0 Å². The van der Waals surface area contributed by atoms with Crippen LogP contribution < -0.4 is 0 Å². The van der Waals surface area contributed by atoms with Crippen LogP contribution in [0.4, 0.5) is 0 Å². The van der Waals surface area contributed by atoms with Gasteiger partial charge >= 0.3 is 0 Å². The van der Waals surface area contributed by atoms with E-state index in [1.54, 1.807) is 35.1 Å². The third-order valence-electron chi connectivity index (χ3n) is 2.83. The fraction of sp³-hybridized carbons (Fsp3) is 0. The van der Waals surface area contributed by atoms with Crippen LogP contribution in [0.1, 0.15) is 16.1 Å². The van der Waals surface area contributed by atoms with Crippen molar-refractivity contribution in [1.82, 2.24) is 15.0 Å². The molecule has 0 aliphatic rings. The molecule has 5 heteroatoms. The van der Waals surface area contributed by atoms with Crippen LogP contribution in [0.5, 0.6) is 0 Å². The van der Waals surface area contributed by atoms with Gasteiger partial charge in [0.1, 0.15) is 0 Å². The molecule has 0 aliphatic heterocycles. The number of rotatable bonds is 3. The highest BCUT2D eigenvalue weighted by molar-refractivity contribution is 6.31. The lowest BCUT2D eigenvalue weighted by molar-refractivity contribution is 0.103. The Bertz CT molecular complexity index is 753. The Morgan fingerprint density at radius 3 is 2.60 bits per heavy atom. The van der Waals surface area contributed by atoms with Crippen molar-refractivity contribution in [1.29, 1.82) is 0 Å². The summed E-state index contributed by atoms with van der Waals surface area (Å²) in [5, 5.41) is 8.41. The van der Waals surface area contributed by atoms with Gasteiger partial charge in [-0.3, -0.25) is 4.79 Å². The Hall–Kier alpha value is -2.46. The largest absolute Gasteiger partial charge is 0.287 e. The van der Waals surface area contributed by atoms with Crippen LogP contribution in [-0.4, -0.2) is 20.8 Å². The third-order valence-corrected chi connectivity index (χ3v) is 3.07. The third kappa shape index (κ3) is 2.46. The monoisotopic (exact) mass is 283 g/mol. The number of benzene rings is 2. The Kier molecular flexibility index (Phi) is 3.31. The zero-order chi connectivity index (χ0) is 13.9. The fourth-order valence-corrected chi connectivity index (χ4v) is 2.04. The zero-order valence-corrected chi connectivity index (χ0v) is 11.2. The number of halogens is 1. The first-order valence-corrected chi connectivity index (χ1v) is 6.40. The minimum atomic E-state index is -0.199. The SMILES string of the molecule is O=C(c1cccc(Cl)c1)c1cn(-c2ccccc2)nn1. The second kappa shape index (κ2) is 5.27. The molecule has 4 nitrogen and oxygen atoms in total. The summed E-state index contributed by atoms with van der Waals surface area (Å²) in [5.74, 6) is -0.199. The van der Waals surface area contributed by atoms with Gasteiger partial charge in [0.2, 0.25) is 5.78 Å². The molecule has 0 amide bonds. The molecule has 1 aromatic heterocycles. The van der Waals surface area contributed by atoms with Gasteiger partial charge in [0.15, 0.2) is 5.69 Å². The maximum atomic E-state index is 12.3. The van der Waals surface area contributed by atoms with Crippen LogP contribution in [0.15, 0.2) is 60.8 Å². The molecular formula is C15H10ClN3O. The molecule has 0 fully saturated rings. The van der Waals surface area contributed by atoms with E-state index < -0.39 is 0 Å². The van der Waals surface area contributed by atoms with Crippen molar-refractivity contribution in [2.24, 2.45) is 0 Å². The molecule has 0 radical (unpaired) electrons. The lowest BCUT2D eigenvalue weighted by Crippen LogP contribution is -2.01. The van der Waals surface area contributed by atoms with Gasteiger partial charge in [0.25, 0.3) is 0 Å². The fourth-order valence-electron chi connectivity index (χ4n) is 1.85. The first kappa shape index (κ1) is 12.6. The first-order valence-electron chi connectivity index (χ1n) is 6.02. The van der Waals surface area contributed by atoms with Crippen LogP contribution in [0.3, 0.4) is 0 Å². The van der Waals surface area contributed by atoms with Crippen LogP contribution in [0.25, 0.3) is 5.69 Å². The number of hydrogen-bond donors (Lipinski definition) is 0. The molecule has 0 bridgehead atoms. The van der Waals surface area contributed by atoms with Crippen molar-refractivity contribution in [3.05, 3.63) is 77.1 Å². The molecule has 3 rings (SSSR count). The first-order chi connectivity index (χ1) is 9.74. The average molecular weight is 284 g/mol. The highest BCUT2D eigenvalue weighted by Gasteiger charge is 2.14. The average Bonchev–Trinajstić information content (AvgIpc) is 2.97. The molecule has 0 atom stereocenters. The second-order valence-corrected chi connectivity index (χ2v) is 4.66. The number of nitrogens with zero attached hydrogens (tertiary/aromatic N) is 3. The van der Waals surface area contributed by atoms with Crippen molar-refractivity contribution >= 4 is 17.4 Å². The molecule has 20 heavy (non-hydrogen) atoms. The Balaban J connectivity index is 1.93. The second-order valence-electron chi connectivity index (χ2n) is 4.22. The predicted molar refractivity (Wildman–Crippen MR) is 76.2 cm³/mol. The maximum absolute atomic E-state index is 12.3. The summed E-state index contributed by atoms with van der Waals surface area (Å²) in [7, 11) is 0. The Morgan fingerprint density at radius 2 is 1.85 bits per heavy atom. The smallest absolute Gasteiger partial charge is 0.214 e. The van der Waals surface area contributed by atoms with Crippen molar-refractivity contribution in [3.8, 4) is 5.69 Å². The van der Waals surface area contributed by atoms with Crippen molar-refractivity contribution in [2.45, 2.75) is 0 Å². The van der Waals surface area contributed by atoms with Crippen molar-refractivity contribution < 1.29 is 4.79 Å². The van der Waals surface area contributed by atoms with Gasteiger partial charge in [0, 0.05) is 10.6 Å². The van der Waals surface area contributed by atoms with Gasteiger partial charge in [-0.25, -0.2) is 4.68 Å². The van der Waals surface area contributed by atoms with Crippen molar-refractivity contribution in [3.63, 3.8) is 0 Å². The molecule has 0 aliphatic carbocycles. The summed E-state index contributed by atoms with van der Waals surface area (Å²) in [6.45, 7) is 0. The Labute approximate surface area is 120 Å². The lowest BCUT2D eigenvalue weighted by atomic mass is 10.1. The standard InChI is InChI=1S/C15H10ClN3O/c16-12-6-4-5-11(9-12)15(20)14-10-19(18-17-14)13-7-2-1-3-8-13/h1-10H. The number of aromatic nitrogens is 3. The minimum absolute atomic E-state index is 0.199. The topological polar surface area (TPSA) is 47.8 Å². The normalized spacial score (nSPS) is 10.4. The molecule has 0 saturated heterocycles. The summed E-state index contributed by atoms with van der Waals surface area (Å²) in [5.41, 5.74) is 1.64. The molecule has 0 unspecified atom stereocenters. The van der Waals surface area contributed by atoms with E-state index in [0.29, 0.717) is 10.6 Å². The van der Waals surface area contributed by atoms with E-state index in [9.17, 15) is 4.79 Å². The molecule has 3 aromatic rings. The van der Waals surface area contributed by atoms with Gasteiger partial charge in [-0.1, -0.05) is 47.1 Å². The number of hydrogen-bond acceptors (Lipinski definition) is 3. The maximum Gasteiger partial charge on any atom is 0.214 e. The lowest BCUT2D eigenvalue weighted by Gasteiger charge is -1.98. The van der Waals surface area contributed by atoms with Gasteiger partial charge in [-0.15, -0.1) is 5.10 Å². The zero-order valence-electron chi connectivity index (χ0n) is 10.4. The molecule has 0 spiro atoms. The summed E-state index contributed by atoms with van der Waals surface area (Å²) >= 11 is 5.88. The highest BCUT2D eigenvalue weighted by Crippen LogP contribution is 2.14. The number of carbonyl (C=O) groups excluding carboxylic acids is 1. The van der Waals surface area contributed by atoms with E-state index in [0.717, 1.165) is 5.69 Å². The van der Waals surface area contributed by atoms with E-state index in [1.165, 1.54) is 0 Å². The number of ketones is 1. The van der Waals surface area contributed by atoms with E-state index in [2.05, 4.69) is 10.3 Å². The van der Waals surface area contributed by atoms with E-state index in [4.69, 9.17) is 11.6 Å². The number of carbonyl (C=O) groups is 1. The highest BCUT2D eigenvalue weighted by atomic mass is 35.5. The number of para-hydroxylation sites is 1. The van der Waals surface area contributed by atoms with E-state index >= 15 is 0 Å². The van der Waals surface area contributed by atoms with Crippen LogP contribution in [-0.2, 0) is 0 Å². The minimum Gasteiger partial charge on any atom is -0.287 e. The van der Waals surface area contributed by atoms with Crippen LogP contribution in [0.2, 0.25) is 5.02 Å². The molecular weight excluding hydrogens is 274 g/mol. The summed E-state index contributed by atoms with van der Waals surface area (Å²) < 4.78 is 1.57. The van der Waals surface area contributed by atoms with Crippen LogP contribution in [0, 0.1) is 0 Å². The summed E-state index contributed by atoms with van der Waals surface area (Å²) in [6.07, 6.45) is 1.61. The van der Waals surface area contributed by atoms with Crippen molar-refractivity contribution in [2.75, 3.05) is 0 Å². The molecule has 0 saturated carbocycles. The van der Waals surface area contributed by atoms with Gasteiger partial charge < -0.3 is 0 Å². The molecule has 98 valence electrons. The molecule has 0 N–H and O–H groups in total. The quantitative estimate of drug-likeness (QED) is 0.694. The van der Waals surface area contributed by atoms with Gasteiger partial charge in [-0.05, 0) is 24.3 Å². The summed E-state index contributed by atoms with van der Waals surface area (Å²) in [4.78, 5) is 12.3. The van der Waals surface area contributed by atoms with Crippen LogP contribution >= 0.6 is 11.6 Å².